The molecule has 3 N–H and O–H groups in total. The number of hydrogen-bond acceptors (Lipinski definition) is 7. The van der Waals surface area contributed by atoms with Gasteiger partial charge in [-0.05, 0) is 33.6 Å². The third-order valence-corrected chi connectivity index (χ3v) is 7.71. The lowest BCUT2D eigenvalue weighted by Gasteiger charge is -2.40. The number of ether oxygens (including phenoxy) is 1. The van der Waals surface area contributed by atoms with Crippen molar-refractivity contribution < 1.29 is 18.6 Å². The quantitative estimate of drug-likeness (QED) is 0.634. The minimum absolute atomic E-state index is 0.120. The second kappa shape index (κ2) is 8.69. The predicted octanol–water partition coefficient (Wildman–Crippen LogP) is 2.70. The number of nitrogens with one attached hydrogen (secondary N) is 1. The lowest BCUT2D eigenvalue weighted by Crippen LogP contribution is -2.41. The maximum atomic E-state index is 12.4. The van der Waals surface area contributed by atoms with Crippen LogP contribution in [0.4, 0.5) is 4.79 Å². The van der Waals surface area contributed by atoms with Gasteiger partial charge in [-0.1, -0.05) is 0 Å². The summed E-state index contributed by atoms with van der Waals surface area (Å²) >= 11 is 0. The van der Waals surface area contributed by atoms with E-state index in [2.05, 4.69) is 15.0 Å². The van der Waals surface area contributed by atoms with Crippen LogP contribution in [0.5, 0.6) is 0 Å². The first-order valence-electron chi connectivity index (χ1n) is 11.0. The number of carbonyl (C=O) groups excluding carboxylic acids is 1. The minimum Gasteiger partial charge on any atom is -0.444 e. The lowest BCUT2D eigenvalue weighted by molar-refractivity contribution is 0.0203. The van der Waals surface area contributed by atoms with Gasteiger partial charge in [0.2, 0.25) is 0 Å². The number of likely N-dealkylation sites (tertiary alicyclic amines) is 1. The second-order valence-corrected chi connectivity index (χ2v) is 12.1. The van der Waals surface area contributed by atoms with Crippen molar-refractivity contribution in [3.63, 3.8) is 0 Å². The van der Waals surface area contributed by atoms with E-state index in [1.807, 2.05) is 25.3 Å². The van der Waals surface area contributed by atoms with Crippen LogP contribution in [0.3, 0.4) is 0 Å². The topological polar surface area (TPSA) is 123 Å². The van der Waals surface area contributed by atoms with Gasteiger partial charge in [-0.3, -0.25) is 18.8 Å². The van der Waals surface area contributed by atoms with Gasteiger partial charge < -0.3 is 14.6 Å². The van der Waals surface area contributed by atoms with E-state index < -0.39 is 16.2 Å². The molecule has 2 fully saturated rings. The molecule has 0 aliphatic carbocycles. The highest BCUT2D eigenvalue weighted by atomic mass is 32.3. The van der Waals surface area contributed by atoms with Crippen LogP contribution in [-0.2, 0) is 11.3 Å². The van der Waals surface area contributed by atoms with Crippen LogP contribution in [0, 0.1) is 0 Å². The molecule has 2 aromatic rings. The molecule has 0 saturated carbocycles. The Hall–Kier alpha value is -2.08. The van der Waals surface area contributed by atoms with Crippen LogP contribution in [0.25, 0.3) is 5.65 Å². The molecule has 1 amide bonds. The van der Waals surface area contributed by atoms with Gasteiger partial charge in [-0.15, -0.1) is 0 Å². The Labute approximate surface area is 188 Å². The zero-order chi connectivity index (χ0) is 23.1. The fourth-order valence-corrected chi connectivity index (χ4v) is 5.62. The van der Waals surface area contributed by atoms with Crippen molar-refractivity contribution in [2.24, 2.45) is 0 Å². The summed E-state index contributed by atoms with van der Waals surface area (Å²) < 4.78 is 26.9. The summed E-state index contributed by atoms with van der Waals surface area (Å²) in [6.07, 6.45) is 2.94. The smallest absolute Gasteiger partial charge is 0.410 e. The van der Waals surface area contributed by atoms with Crippen molar-refractivity contribution in [1.82, 2.24) is 24.4 Å². The zero-order valence-corrected chi connectivity index (χ0v) is 19.7. The number of carbonyl (C=O) groups is 1. The molecule has 0 bridgehead atoms. The number of aromatic amines is 1. The molecular weight excluding hydrogens is 434 g/mol. The molecule has 11 heteroatoms. The largest absolute Gasteiger partial charge is 0.444 e. The minimum atomic E-state index is -2.44. The molecule has 4 rings (SSSR count). The monoisotopic (exact) mass is 467 g/mol. The highest BCUT2D eigenvalue weighted by Crippen LogP contribution is 2.40. The van der Waals surface area contributed by atoms with Crippen LogP contribution < -0.4 is 5.56 Å². The molecule has 2 aliphatic heterocycles. The average molecular weight is 468 g/mol. The van der Waals surface area contributed by atoms with Gasteiger partial charge in [0, 0.05) is 50.3 Å². The number of fused-ring (bicyclic) bond motifs is 1. The van der Waals surface area contributed by atoms with E-state index in [1.165, 1.54) is 0 Å². The summed E-state index contributed by atoms with van der Waals surface area (Å²) in [5.74, 6) is 0.878. The number of nitrogens with zero attached hydrogens (tertiary/aromatic N) is 4. The van der Waals surface area contributed by atoms with E-state index >= 15 is 0 Å². The van der Waals surface area contributed by atoms with Gasteiger partial charge in [-0.2, -0.15) is 15.7 Å². The van der Waals surface area contributed by atoms with Crippen molar-refractivity contribution in [2.45, 2.75) is 51.7 Å². The Morgan fingerprint density at radius 3 is 2.50 bits per heavy atom. The number of H-pyrrole nitrogens is 1. The van der Waals surface area contributed by atoms with E-state index in [0.717, 1.165) is 24.1 Å². The molecule has 0 spiro atoms. The van der Waals surface area contributed by atoms with E-state index in [-0.39, 0.29) is 17.6 Å². The average Bonchev–Trinajstić information content (AvgIpc) is 3.10. The molecule has 0 unspecified atom stereocenters. The van der Waals surface area contributed by atoms with Crippen molar-refractivity contribution in [2.75, 3.05) is 37.7 Å². The van der Waals surface area contributed by atoms with Gasteiger partial charge in [0.25, 0.3) is 5.56 Å². The maximum absolute atomic E-state index is 12.4. The SMILES string of the molecule is CC(C)(C)OC(=O)N1CCC(c2cc(=O)[nH]c3c(CN4CCS(O)(O)CC4)cnn23)CC1. The summed E-state index contributed by atoms with van der Waals surface area (Å²) in [7, 11) is -2.44. The molecule has 178 valence electrons. The van der Waals surface area contributed by atoms with Crippen LogP contribution in [0.2, 0.25) is 0 Å². The van der Waals surface area contributed by atoms with Gasteiger partial charge >= 0.3 is 6.09 Å². The first-order chi connectivity index (χ1) is 15.0. The van der Waals surface area contributed by atoms with Crippen LogP contribution in [-0.4, -0.2) is 82.9 Å². The van der Waals surface area contributed by atoms with Gasteiger partial charge in [0.05, 0.1) is 23.4 Å². The normalized spacial score (nSPS) is 21.6. The highest BCUT2D eigenvalue weighted by molar-refractivity contribution is 8.24. The number of hydrogen-bond donors (Lipinski definition) is 3. The van der Waals surface area contributed by atoms with Crippen molar-refractivity contribution in [1.29, 1.82) is 0 Å². The second-order valence-electron chi connectivity index (χ2n) is 9.72. The Morgan fingerprint density at radius 1 is 1.22 bits per heavy atom. The Bertz CT molecular complexity index is 1030. The maximum Gasteiger partial charge on any atom is 0.410 e. The van der Waals surface area contributed by atoms with Crippen molar-refractivity contribution in [3.8, 4) is 0 Å². The fourth-order valence-electron chi connectivity index (χ4n) is 4.31. The number of aromatic nitrogens is 3. The first-order valence-corrected chi connectivity index (χ1v) is 12.9. The molecule has 2 aliphatic rings. The number of rotatable bonds is 3. The molecule has 10 nitrogen and oxygen atoms in total. The number of amides is 1. The molecule has 0 aromatic carbocycles. The van der Waals surface area contributed by atoms with E-state index in [1.54, 1.807) is 17.2 Å². The molecule has 4 heterocycles. The van der Waals surface area contributed by atoms with Crippen LogP contribution in [0.1, 0.15) is 50.8 Å². The Kier molecular flexibility index (Phi) is 6.27. The van der Waals surface area contributed by atoms with Gasteiger partial charge in [0.1, 0.15) is 11.2 Å². The standard InChI is InChI=1S/C21H33N5O5S/c1-21(2,3)31-20(28)25-6-4-15(5-7-25)17-12-18(27)23-19-16(13-22-26(17)19)14-24-8-10-32(29,30)11-9-24/h12-13,15,29-30H,4-11,14H2,1-3H3,(H,23,27). The summed E-state index contributed by atoms with van der Waals surface area (Å²) in [5.41, 5.74) is 1.75. The third kappa shape index (κ3) is 5.28. The third-order valence-electron chi connectivity index (χ3n) is 6.04. The Balaban J connectivity index is 1.48. The first kappa shape index (κ1) is 23.1. The van der Waals surface area contributed by atoms with Gasteiger partial charge in [0.15, 0.2) is 0 Å². The molecule has 32 heavy (non-hydrogen) atoms. The summed E-state index contributed by atoms with van der Waals surface area (Å²) in [6.45, 7) is 8.51. The van der Waals surface area contributed by atoms with E-state index in [0.29, 0.717) is 49.9 Å². The van der Waals surface area contributed by atoms with Crippen LogP contribution in [0.15, 0.2) is 17.1 Å². The number of piperidine rings is 1. The lowest BCUT2D eigenvalue weighted by atomic mass is 9.93. The summed E-state index contributed by atoms with van der Waals surface area (Å²) in [6, 6.07) is 1.60. The molecule has 2 saturated heterocycles. The van der Waals surface area contributed by atoms with Crippen molar-refractivity contribution >= 4 is 22.3 Å². The summed E-state index contributed by atoms with van der Waals surface area (Å²) in [5, 5.41) is 4.55. The molecular formula is C21H33N5O5S. The van der Waals surface area contributed by atoms with E-state index in [4.69, 9.17) is 4.74 Å². The zero-order valence-electron chi connectivity index (χ0n) is 18.9. The van der Waals surface area contributed by atoms with Gasteiger partial charge in [-0.25, -0.2) is 9.31 Å². The molecule has 0 atom stereocenters. The van der Waals surface area contributed by atoms with Crippen molar-refractivity contribution in [3.05, 3.63) is 33.9 Å². The fraction of sp³-hybridized carbons (Fsp3) is 0.667. The highest BCUT2D eigenvalue weighted by Gasteiger charge is 2.29. The van der Waals surface area contributed by atoms with E-state index in [9.17, 15) is 18.7 Å². The molecule has 0 radical (unpaired) electrons. The van der Waals surface area contributed by atoms with Crippen LogP contribution >= 0.6 is 10.6 Å². The predicted molar refractivity (Wildman–Crippen MR) is 123 cm³/mol. The summed E-state index contributed by atoms with van der Waals surface area (Å²) in [4.78, 5) is 31.6. The molecule has 2 aromatic heterocycles. The Morgan fingerprint density at radius 2 is 1.88 bits per heavy atom.